The topological polar surface area (TPSA) is 56.5 Å². The van der Waals surface area contributed by atoms with E-state index < -0.39 is 0 Å². The lowest BCUT2D eigenvalue weighted by Gasteiger charge is -2.07. The Morgan fingerprint density at radius 2 is 1.94 bits per heavy atom. The zero-order valence-electron chi connectivity index (χ0n) is 9.65. The van der Waals surface area contributed by atoms with Crippen molar-refractivity contribution in [1.82, 2.24) is 25.0 Å². The zero-order chi connectivity index (χ0) is 12.6. The number of halogens is 2. The number of rotatable bonds is 2. The summed E-state index contributed by atoms with van der Waals surface area (Å²) in [5.74, 6) is 1.06. The molecule has 0 amide bonds. The van der Waals surface area contributed by atoms with Gasteiger partial charge in [-0.25, -0.2) is 14.6 Å². The molecule has 90 valence electrons. The Morgan fingerprint density at radius 3 is 2.47 bits per heavy atom. The van der Waals surface area contributed by atoms with Crippen molar-refractivity contribution in [2.24, 2.45) is 7.05 Å². The summed E-state index contributed by atoms with van der Waals surface area (Å²) >= 11 is 6.77. The Labute approximate surface area is 116 Å². The summed E-state index contributed by atoms with van der Waals surface area (Å²) in [4.78, 5) is 8.87. The van der Waals surface area contributed by atoms with Gasteiger partial charge in [-0.2, -0.15) is 0 Å². The number of hydrogen-bond acceptors (Lipinski definition) is 4. The normalized spacial score (nSPS) is 11.2. The third kappa shape index (κ3) is 2.55. The molecule has 7 heteroatoms. The summed E-state index contributed by atoms with van der Waals surface area (Å²) < 4.78 is 3.13. The molecule has 0 radical (unpaired) electrons. The maximum atomic E-state index is 4.53. The molecule has 2 rings (SSSR count). The van der Waals surface area contributed by atoms with E-state index in [9.17, 15) is 0 Å². The molecule has 0 N–H and O–H groups in total. The van der Waals surface area contributed by atoms with E-state index >= 15 is 0 Å². The van der Waals surface area contributed by atoms with Crippen molar-refractivity contribution in [3.05, 3.63) is 21.1 Å². The predicted octanol–water partition coefficient (Wildman–Crippen LogP) is 2.92. The maximum absolute atomic E-state index is 4.53. The maximum Gasteiger partial charge on any atom is 0.157 e. The quantitative estimate of drug-likeness (QED) is 0.772. The Hall–Kier alpha value is -0.820. The number of nitrogens with zero attached hydrogens (tertiary/aromatic N) is 5. The third-order valence-corrected chi connectivity index (χ3v) is 3.20. The standard InChI is InChI=1S/C10H11Br2N5/c1-5(2)10-13-6(4-7(11)14-10)8-9(12)15-16-17(8)3/h4-5H,1-3H3. The molecular formula is C10H11Br2N5. The minimum absolute atomic E-state index is 0.270. The van der Waals surface area contributed by atoms with E-state index in [0.717, 1.165) is 21.8 Å². The number of aryl methyl sites for hydroxylation is 1. The Bertz CT molecular complexity index is 530. The molecule has 0 aliphatic heterocycles. The van der Waals surface area contributed by atoms with Gasteiger partial charge in [0.05, 0.1) is 5.69 Å². The van der Waals surface area contributed by atoms with Crippen LogP contribution in [0.5, 0.6) is 0 Å². The average molecular weight is 361 g/mol. The van der Waals surface area contributed by atoms with E-state index in [1.54, 1.807) is 4.68 Å². The van der Waals surface area contributed by atoms with Gasteiger partial charge in [-0.3, -0.25) is 0 Å². The van der Waals surface area contributed by atoms with Crippen LogP contribution in [0.4, 0.5) is 0 Å². The van der Waals surface area contributed by atoms with Gasteiger partial charge in [0.15, 0.2) is 4.60 Å². The van der Waals surface area contributed by atoms with Crippen LogP contribution < -0.4 is 0 Å². The summed E-state index contributed by atoms with van der Waals surface area (Å²) in [6, 6.07) is 1.86. The Balaban J connectivity index is 2.60. The highest BCUT2D eigenvalue weighted by atomic mass is 79.9. The second kappa shape index (κ2) is 4.81. The van der Waals surface area contributed by atoms with Gasteiger partial charge in [0.2, 0.25) is 0 Å². The molecule has 0 unspecified atom stereocenters. The van der Waals surface area contributed by atoms with Crippen LogP contribution in [0.1, 0.15) is 25.6 Å². The lowest BCUT2D eigenvalue weighted by Crippen LogP contribution is -2.02. The van der Waals surface area contributed by atoms with E-state index in [0.29, 0.717) is 4.60 Å². The van der Waals surface area contributed by atoms with Crippen molar-refractivity contribution in [3.8, 4) is 11.4 Å². The van der Waals surface area contributed by atoms with E-state index in [1.807, 2.05) is 13.1 Å². The first-order valence-corrected chi connectivity index (χ1v) is 6.67. The fourth-order valence-electron chi connectivity index (χ4n) is 1.42. The van der Waals surface area contributed by atoms with Crippen LogP contribution in [-0.2, 0) is 7.05 Å². The summed E-state index contributed by atoms with van der Waals surface area (Å²) in [6.45, 7) is 4.12. The third-order valence-electron chi connectivity index (χ3n) is 2.26. The van der Waals surface area contributed by atoms with Crippen molar-refractivity contribution in [1.29, 1.82) is 0 Å². The lowest BCUT2D eigenvalue weighted by molar-refractivity contribution is 0.715. The first-order chi connectivity index (χ1) is 7.99. The molecule has 2 heterocycles. The van der Waals surface area contributed by atoms with Gasteiger partial charge in [-0.1, -0.05) is 19.1 Å². The van der Waals surface area contributed by atoms with Gasteiger partial charge >= 0.3 is 0 Å². The zero-order valence-corrected chi connectivity index (χ0v) is 12.8. The monoisotopic (exact) mass is 359 g/mol. The molecule has 5 nitrogen and oxygen atoms in total. The SMILES string of the molecule is CC(C)c1nc(Br)cc(-c2c(Br)nnn2C)n1. The molecule has 0 bridgehead atoms. The van der Waals surface area contributed by atoms with Gasteiger partial charge < -0.3 is 0 Å². The molecule has 0 saturated heterocycles. The molecule has 17 heavy (non-hydrogen) atoms. The van der Waals surface area contributed by atoms with Crippen molar-refractivity contribution >= 4 is 31.9 Å². The smallest absolute Gasteiger partial charge is 0.157 e. The molecule has 0 atom stereocenters. The summed E-state index contributed by atoms with van der Waals surface area (Å²) in [5.41, 5.74) is 1.64. The molecule has 0 aliphatic rings. The van der Waals surface area contributed by atoms with E-state index in [2.05, 4.69) is 66.0 Å². The molecule has 2 aromatic rings. The van der Waals surface area contributed by atoms with Crippen LogP contribution in [0.2, 0.25) is 0 Å². The largest absolute Gasteiger partial charge is 0.245 e. The highest BCUT2D eigenvalue weighted by molar-refractivity contribution is 9.10. The van der Waals surface area contributed by atoms with Gasteiger partial charge in [-0.15, -0.1) is 5.10 Å². The van der Waals surface area contributed by atoms with E-state index in [1.165, 1.54) is 0 Å². The highest BCUT2D eigenvalue weighted by Crippen LogP contribution is 2.26. The van der Waals surface area contributed by atoms with Crippen molar-refractivity contribution in [2.45, 2.75) is 19.8 Å². The van der Waals surface area contributed by atoms with Crippen LogP contribution in [0.25, 0.3) is 11.4 Å². The van der Waals surface area contributed by atoms with E-state index in [4.69, 9.17) is 0 Å². The summed E-state index contributed by atoms with van der Waals surface area (Å²) in [7, 11) is 1.83. The molecule has 0 fully saturated rings. The van der Waals surface area contributed by atoms with Crippen LogP contribution in [0, 0.1) is 0 Å². The first kappa shape index (κ1) is 12.6. The van der Waals surface area contributed by atoms with Crippen LogP contribution >= 0.6 is 31.9 Å². The van der Waals surface area contributed by atoms with Gasteiger partial charge in [-0.05, 0) is 37.9 Å². The second-order valence-corrected chi connectivity index (χ2v) is 5.50. The van der Waals surface area contributed by atoms with Gasteiger partial charge in [0.25, 0.3) is 0 Å². The molecule has 0 spiro atoms. The Morgan fingerprint density at radius 1 is 1.24 bits per heavy atom. The van der Waals surface area contributed by atoms with E-state index in [-0.39, 0.29) is 5.92 Å². The number of aromatic nitrogens is 5. The van der Waals surface area contributed by atoms with Crippen LogP contribution in [-0.4, -0.2) is 25.0 Å². The molecular weight excluding hydrogens is 350 g/mol. The van der Waals surface area contributed by atoms with Crippen molar-refractivity contribution in [2.75, 3.05) is 0 Å². The van der Waals surface area contributed by atoms with Gasteiger partial charge in [0, 0.05) is 13.0 Å². The molecule has 0 aliphatic carbocycles. The summed E-state index contributed by atoms with van der Waals surface area (Å²) in [6.07, 6.45) is 0. The van der Waals surface area contributed by atoms with Crippen LogP contribution in [0.3, 0.4) is 0 Å². The molecule has 0 aromatic carbocycles. The second-order valence-electron chi connectivity index (χ2n) is 3.94. The van der Waals surface area contributed by atoms with Crippen LogP contribution in [0.15, 0.2) is 15.3 Å². The fourth-order valence-corrected chi connectivity index (χ4v) is 2.35. The minimum atomic E-state index is 0.270. The number of hydrogen-bond donors (Lipinski definition) is 0. The average Bonchev–Trinajstić information content (AvgIpc) is 2.57. The lowest BCUT2D eigenvalue weighted by atomic mass is 10.2. The molecule has 0 saturated carbocycles. The summed E-state index contributed by atoms with van der Waals surface area (Å²) in [5, 5.41) is 7.89. The first-order valence-electron chi connectivity index (χ1n) is 5.09. The Kier molecular flexibility index (Phi) is 3.58. The predicted molar refractivity (Wildman–Crippen MR) is 71.5 cm³/mol. The highest BCUT2D eigenvalue weighted by Gasteiger charge is 2.15. The molecule has 2 aromatic heterocycles. The minimum Gasteiger partial charge on any atom is -0.245 e. The van der Waals surface area contributed by atoms with Crippen molar-refractivity contribution < 1.29 is 0 Å². The van der Waals surface area contributed by atoms with Crippen molar-refractivity contribution in [3.63, 3.8) is 0 Å². The van der Waals surface area contributed by atoms with Gasteiger partial charge in [0.1, 0.15) is 16.1 Å². The fraction of sp³-hybridized carbons (Fsp3) is 0.400.